The van der Waals surface area contributed by atoms with Crippen LogP contribution in [-0.2, 0) is 4.74 Å². The van der Waals surface area contributed by atoms with Gasteiger partial charge in [-0.3, -0.25) is 0 Å². The maximum absolute atomic E-state index is 13.5. The predicted molar refractivity (Wildman–Crippen MR) is 82.2 cm³/mol. The smallest absolute Gasteiger partial charge is 0.126 e. The van der Waals surface area contributed by atoms with Crippen molar-refractivity contribution in [3.63, 3.8) is 0 Å². The summed E-state index contributed by atoms with van der Waals surface area (Å²) in [7, 11) is 0. The van der Waals surface area contributed by atoms with Gasteiger partial charge in [-0.05, 0) is 38.8 Å². The molecule has 1 aliphatic heterocycles. The van der Waals surface area contributed by atoms with E-state index in [1.54, 1.807) is 0 Å². The first-order valence-corrected chi connectivity index (χ1v) is 7.98. The van der Waals surface area contributed by atoms with Crippen LogP contribution in [0.2, 0.25) is 0 Å². The fourth-order valence-electron chi connectivity index (χ4n) is 2.63. The van der Waals surface area contributed by atoms with Gasteiger partial charge in [0.05, 0.1) is 12.7 Å². The summed E-state index contributed by atoms with van der Waals surface area (Å²) in [5.74, 6) is 0.387. The lowest BCUT2D eigenvalue weighted by molar-refractivity contribution is 0.0901. The molecule has 1 N–H and O–H groups in total. The van der Waals surface area contributed by atoms with E-state index in [2.05, 4.69) is 19.2 Å². The molecule has 4 heteroatoms. The van der Waals surface area contributed by atoms with E-state index in [4.69, 9.17) is 9.47 Å². The summed E-state index contributed by atoms with van der Waals surface area (Å²) in [6.07, 6.45) is 4.48. The highest BCUT2D eigenvalue weighted by Crippen LogP contribution is 2.27. The van der Waals surface area contributed by atoms with Crippen molar-refractivity contribution in [3.05, 3.63) is 29.6 Å². The van der Waals surface area contributed by atoms with Crippen molar-refractivity contribution in [1.82, 2.24) is 5.32 Å². The highest BCUT2D eigenvalue weighted by molar-refractivity contribution is 5.36. The van der Waals surface area contributed by atoms with E-state index < -0.39 is 0 Å². The SMILES string of the molecule is CCCNC(C)c1ccc(F)cc1OCCC1CCCO1. The van der Waals surface area contributed by atoms with Crippen LogP contribution in [0.15, 0.2) is 18.2 Å². The Morgan fingerprint density at radius 1 is 1.48 bits per heavy atom. The van der Waals surface area contributed by atoms with Crippen molar-refractivity contribution >= 4 is 0 Å². The number of rotatable bonds is 8. The molecule has 3 nitrogen and oxygen atoms in total. The molecule has 0 saturated carbocycles. The molecule has 1 aliphatic rings. The van der Waals surface area contributed by atoms with Crippen LogP contribution in [0.5, 0.6) is 5.75 Å². The second-order valence-corrected chi connectivity index (χ2v) is 5.63. The lowest BCUT2D eigenvalue weighted by Gasteiger charge is -2.19. The molecule has 2 unspecified atom stereocenters. The minimum absolute atomic E-state index is 0.156. The van der Waals surface area contributed by atoms with E-state index in [-0.39, 0.29) is 11.9 Å². The first-order chi connectivity index (χ1) is 10.2. The molecule has 2 rings (SSSR count). The Balaban J connectivity index is 1.93. The number of halogens is 1. The minimum Gasteiger partial charge on any atom is -0.493 e. The van der Waals surface area contributed by atoms with Gasteiger partial charge in [0.1, 0.15) is 11.6 Å². The van der Waals surface area contributed by atoms with Gasteiger partial charge < -0.3 is 14.8 Å². The molecule has 1 saturated heterocycles. The molecule has 0 aromatic heterocycles. The van der Waals surface area contributed by atoms with E-state index in [9.17, 15) is 4.39 Å². The summed E-state index contributed by atoms with van der Waals surface area (Å²) < 4.78 is 24.9. The Hall–Kier alpha value is -1.13. The van der Waals surface area contributed by atoms with Crippen LogP contribution < -0.4 is 10.1 Å². The number of ether oxygens (including phenoxy) is 2. The predicted octanol–water partition coefficient (Wildman–Crippen LogP) is 3.83. The molecule has 1 aromatic carbocycles. The lowest BCUT2D eigenvalue weighted by Crippen LogP contribution is -2.20. The molecule has 0 aliphatic carbocycles. The molecule has 0 bridgehead atoms. The zero-order valence-electron chi connectivity index (χ0n) is 13.0. The van der Waals surface area contributed by atoms with Crippen LogP contribution in [-0.4, -0.2) is 25.9 Å². The summed E-state index contributed by atoms with van der Waals surface area (Å²) in [5, 5.41) is 3.41. The zero-order valence-corrected chi connectivity index (χ0v) is 13.0. The van der Waals surface area contributed by atoms with Crippen LogP contribution in [0.1, 0.15) is 51.1 Å². The van der Waals surface area contributed by atoms with Crippen molar-refractivity contribution in [2.45, 2.75) is 51.7 Å². The topological polar surface area (TPSA) is 30.5 Å². The molecule has 0 spiro atoms. The quantitative estimate of drug-likeness (QED) is 0.790. The van der Waals surface area contributed by atoms with Crippen LogP contribution in [0.3, 0.4) is 0 Å². The second-order valence-electron chi connectivity index (χ2n) is 5.63. The molecular formula is C17H26FNO2. The Labute approximate surface area is 126 Å². The first kappa shape index (κ1) is 16.2. The molecule has 1 aromatic rings. The average molecular weight is 295 g/mol. The van der Waals surface area contributed by atoms with Gasteiger partial charge in [-0.15, -0.1) is 0 Å². The molecule has 1 fully saturated rings. The van der Waals surface area contributed by atoms with E-state index in [1.165, 1.54) is 12.1 Å². The van der Waals surface area contributed by atoms with Gasteiger partial charge in [-0.25, -0.2) is 4.39 Å². The summed E-state index contributed by atoms with van der Waals surface area (Å²) in [5.41, 5.74) is 1.01. The lowest BCUT2D eigenvalue weighted by atomic mass is 10.1. The molecule has 118 valence electrons. The number of benzene rings is 1. The second kappa shape index (κ2) is 8.35. The van der Waals surface area contributed by atoms with Gasteiger partial charge >= 0.3 is 0 Å². The van der Waals surface area contributed by atoms with Crippen molar-refractivity contribution in [2.24, 2.45) is 0 Å². The van der Waals surface area contributed by atoms with Crippen molar-refractivity contribution < 1.29 is 13.9 Å². The Morgan fingerprint density at radius 3 is 3.05 bits per heavy atom. The zero-order chi connectivity index (χ0) is 15.1. The maximum atomic E-state index is 13.5. The van der Waals surface area contributed by atoms with Crippen LogP contribution >= 0.6 is 0 Å². The third-order valence-corrected chi connectivity index (χ3v) is 3.86. The molecule has 0 amide bonds. The summed E-state index contributed by atoms with van der Waals surface area (Å²) >= 11 is 0. The average Bonchev–Trinajstić information content (AvgIpc) is 2.98. The highest BCUT2D eigenvalue weighted by atomic mass is 19.1. The monoisotopic (exact) mass is 295 g/mol. The van der Waals surface area contributed by atoms with E-state index in [1.807, 2.05) is 6.07 Å². The van der Waals surface area contributed by atoms with E-state index in [0.717, 1.165) is 44.4 Å². The molecule has 1 heterocycles. The minimum atomic E-state index is -0.256. The normalized spacial score (nSPS) is 19.7. The number of hydrogen-bond donors (Lipinski definition) is 1. The van der Waals surface area contributed by atoms with Crippen molar-refractivity contribution in [1.29, 1.82) is 0 Å². The summed E-state index contributed by atoms with van der Waals surface area (Å²) in [6.45, 7) is 6.57. The van der Waals surface area contributed by atoms with Crippen molar-refractivity contribution in [3.8, 4) is 5.75 Å². The molecule has 21 heavy (non-hydrogen) atoms. The molecule has 2 atom stereocenters. The first-order valence-electron chi connectivity index (χ1n) is 7.98. The highest BCUT2D eigenvalue weighted by Gasteiger charge is 2.16. The standard InChI is InChI=1S/C17H26FNO2/c1-3-9-19-13(2)16-7-6-14(18)12-17(16)21-11-8-15-5-4-10-20-15/h6-7,12-13,15,19H,3-5,8-11H2,1-2H3. The molecule has 0 radical (unpaired) electrons. The van der Waals surface area contributed by atoms with Gasteiger partial charge in [0, 0.05) is 30.7 Å². The molecular weight excluding hydrogens is 269 g/mol. The largest absolute Gasteiger partial charge is 0.493 e. The van der Waals surface area contributed by atoms with Crippen LogP contribution in [0.25, 0.3) is 0 Å². The van der Waals surface area contributed by atoms with Gasteiger partial charge in [-0.2, -0.15) is 0 Å². The van der Waals surface area contributed by atoms with Gasteiger partial charge in [0.15, 0.2) is 0 Å². The van der Waals surface area contributed by atoms with Crippen LogP contribution in [0.4, 0.5) is 4.39 Å². The Kier molecular flexibility index (Phi) is 6.46. The fourth-order valence-corrected chi connectivity index (χ4v) is 2.63. The van der Waals surface area contributed by atoms with Gasteiger partial charge in [0.2, 0.25) is 0 Å². The number of hydrogen-bond acceptors (Lipinski definition) is 3. The third kappa shape index (κ3) is 4.97. The number of nitrogens with one attached hydrogen (secondary N) is 1. The third-order valence-electron chi connectivity index (χ3n) is 3.86. The summed E-state index contributed by atoms with van der Waals surface area (Å²) in [4.78, 5) is 0. The fraction of sp³-hybridized carbons (Fsp3) is 0.647. The van der Waals surface area contributed by atoms with Crippen LogP contribution in [0, 0.1) is 5.82 Å². The van der Waals surface area contributed by atoms with E-state index in [0.29, 0.717) is 18.5 Å². The van der Waals surface area contributed by atoms with Gasteiger partial charge in [0.25, 0.3) is 0 Å². The van der Waals surface area contributed by atoms with E-state index >= 15 is 0 Å². The maximum Gasteiger partial charge on any atom is 0.126 e. The van der Waals surface area contributed by atoms with Gasteiger partial charge in [-0.1, -0.05) is 13.0 Å². The Morgan fingerprint density at radius 2 is 2.33 bits per heavy atom. The Bertz CT molecular complexity index is 433. The van der Waals surface area contributed by atoms with Crippen molar-refractivity contribution in [2.75, 3.05) is 19.8 Å². The summed E-state index contributed by atoms with van der Waals surface area (Å²) in [6, 6.07) is 4.94.